The Bertz CT molecular complexity index is 421. The molecule has 2 rings (SSSR count). The molecule has 1 aliphatic rings. The number of aliphatic hydroxyl groups excluding tert-OH is 1. The molecule has 0 saturated carbocycles. The number of hydrogen-bond donors (Lipinski definition) is 2. The second-order valence-corrected chi connectivity index (χ2v) is 5.85. The molecule has 0 unspecified atom stereocenters. The third-order valence-electron chi connectivity index (χ3n) is 2.92. The Morgan fingerprint density at radius 1 is 1.50 bits per heavy atom. The van der Waals surface area contributed by atoms with Crippen molar-refractivity contribution >= 4 is 10.0 Å². The number of nitrogens with zero attached hydrogens (tertiary/aromatic N) is 2. The molecule has 1 aliphatic heterocycles. The van der Waals surface area contributed by atoms with Crippen molar-refractivity contribution in [2.24, 2.45) is 5.92 Å². The molecule has 1 saturated heterocycles. The number of piperidine rings is 1. The first-order chi connectivity index (χ1) is 7.64. The van der Waals surface area contributed by atoms with Gasteiger partial charge in [0, 0.05) is 19.7 Å². The number of H-pyrrole nitrogens is 1. The standard InChI is InChI=1S/C9H15N3O3S/c13-6-8-1-3-12(4-2-8)16(14,15)9-5-10-7-11-9/h5,7-8,13H,1-4,6H2,(H,10,11). The van der Waals surface area contributed by atoms with Crippen molar-refractivity contribution in [1.29, 1.82) is 0 Å². The molecule has 16 heavy (non-hydrogen) atoms. The summed E-state index contributed by atoms with van der Waals surface area (Å²) in [5, 5.41) is 9.11. The zero-order valence-electron chi connectivity index (χ0n) is 8.83. The lowest BCUT2D eigenvalue weighted by Gasteiger charge is -2.29. The Hall–Kier alpha value is -0.920. The van der Waals surface area contributed by atoms with Crippen molar-refractivity contribution in [3.05, 3.63) is 12.5 Å². The van der Waals surface area contributed by atoms with Crippen LogP contribution in [0.5, 0.6) is 0 Å². The molecule has 0 radical (unpaired) electrons. The summed E-state index contributed by atoms with van der Waals surface area (Å²) in [7, 11) is -3.42. The Morgan fingerprint density at radius 2 is 2.19 bits per heavy atom. The summed E-state index contributed by atoms with van der Waals surface area (Å²) in [4.78, 5) is 6.32. The predicted molar refractivity (Wildman–Crippen MR) is 57.2 cm³/mol. The highest BCUT2D eigenvalue weighted by atomic mass is 32.2. The Balaban J connectivity index is 2.09. The van der Waals surface area contributed by atoms with Gasteiger partial charge in [-0.05, 0) is 18.8 Å². The molecule has 0 aromatic carbocycles. The molecule has 2 heterocycles. The molecule has 0 aliphatic carbocycles. The van der Waals surface area contributed by atoms with E-state index in [9.17, 15) is 8.42 Å². The van der Waals surface area contributed by atoms with Crippen LogP contribution in [0.15, 0.2) is 17.6 Å². The highest BCUT2D eigenvalue weighted by Crippen LogP contribution is 2.21. The van der Waals surface area contributed by atoms with E-state index in [2.05, 4.69) is 9.97 Å². The number of aromatic nitrogens is 2. The highest BCUT2D eigenvalue weighted by molar-refractivity contribution is 7.89. The highest BCUT2D eigenvalue weighted by Gasteiger charge is 2.29. The minimum Gasteiger partial charge on any atom is -0.396 e. The van der Waals surface area contributed by atoms with E-state index in [4.69, 9.17) is 5.11 Å². The number of imidazole rings is 1. The summed E-state index contributed by atoms with van der Waals surface area (Å²) in [5.41, 5.74) is 0. The van der Waals surface area contributed by atoms with Crippen LogP contribution in [0.3, 0.4) is 0 Å². The van der Waals surface area contributed by atoms with Gasteiger partial charge in [-0.1, -0.05) is 0 Å². The summed E-state index contributed by atoms with van der Waals surface area (Å²) in [6.07, 6.45) is 4.09. The van der Waals surface area contributed by atoms with E-state index in [0.717, 1.165) is 0 Å². The second kappa shape index (κ2) is 4.52. The molecule has 2 N–H and O–H groups in total. The van der Waals surface area contributed by atoms with Gasteiger partial charge in [0.15, 0.2) is 5.03 Å². The molecule has 7 heteroatoms. The fourth-order valence-corrected chi connectivity index (χ4v) is 3.22. The van der Waals surface area contributed by atoms with Gasteiger partial charge in [0.1, 0.15) is 0 Å². The van der Waals surface area contributed by atoms with E-state index < -0.39 is 10.0 Å². The monoisotopic (exact) mass is 245 g/mol. The second-order valence-electron chi connectivity index (χ2n) is 3.95. The molecule has 1 fully saturated rings. The van der Waals surface area contributed by atoms with Gasteiger partial charge in [-0.15, -0.1) is 0 Å². The Morgan fingerprint density at radius 3 is 2.69 bits per heavy atom. The number of hydrogen-bond acceptors (Lipinski definition) is 4. The summed E-state index contributed by atoms with van der Waals surface area (Å²) in [6, 6.07) is 0. The van der Waals surface area contributed by atoms with Crippen molar-refractivity contribution in [3.8, 4) is 0 Å². The van der Waals surface area contributed by atoms with Crippen LogP contribution in [0.1, 0.15) is 12.8 Å². The van der Waals surface area contributed by atoms with Gasteiger partial charge in [-0.25, -0.2) is 13.4 Å². The molecule has 1 aromatic rings. The SMILES string of the molecule is O=S(=O)(c1cnc[nH]1)N1CCC(CO)CC1. The molecule has 0 atom stereocenters. The van der Waals surface area contributed by atoms with Gasteiger partial charge in [-0.3, -0.25) is 0 Å². The third-order valence-corrected chi connectivity index (χ3v) is 4.75. The van der Waals surface area contributed by atoms with Gasteiger partial charge in [0.2, 0.25) is 0 Å². The van der Waals surface area contributed by atoms with Crippen molar-refractivity contribution in [3.63, 3.8) is 0 Å². The van der Waals surface area contributed by atoms with Crippen LogP contribution in [-0.2, 0) is 10.0 Å². The van der Waals surface area contributed by atoms with E-state index in [1.165, 1.54) is 16.8 Å². The fourth-order valence-electron chi connectivity index (χ4n) is 1.86. The summed E-state index contributed by atoms with van der Waals surface area (Å²) in [5.74, 6) is 0.230. The molecule has 0 bridgehead atoms. The number of aliphatic hydroxyl groups is 1. The van der Waals surface area contributed by atoms with E-state index in [-0.39, 0.29) is 17.6 Å². The number of sulfonamides is 1. The topological polar surface area (TPSA) is 86.3 Å². The maximum Gasteiger partial charge on any atom is 0.260 e. The summed E-state index contributed by atoms with van der Waals surface area (Å²) in [6.45, 7) is 1.07. The largest absolute Gasteiger partial charge is 0.396 e. The van der Waals surface area contributed by atoms with E-state index in [1.807, 2.05) is 0 Å². The smallest absolute Gasteiger partial charge is 0.260 e. The number of aromatic amines is 1. The van der Waals surface area contributed by atoms with Gasteiger partial charge < -0.3 is 10.1 Å². The van der Waals surface area contributed by atoms with Crippen molar-refractivity contribution < 1.29 is 13.5 Å². The lowest BCUT2D eigenvalue weighted by Crippen LogP contribution is -2.39. The molecule has 0 spiro atoms. The zero-order valence-corrected chi connectivity index (χ0v) is 9.65. The minimum atomic E-state index is -3.42. The van der Waals surface area contributed by atoms with Gasteiger partial charge >= 0.3 is 0 Å². The normalized spacial score (nSPS) is 20.1. The first-order valence-electron chi connectivity index (χ1n) is 5.24. The van der Waals surface area contributed by atoms with Crippen molar-refractivity contribution in [2.75, 3.05) is 19.7 Å². The quantitative estimate of drug-likeness (QED) is 0.772. The van der Waals surface area contributed by atoms with E-state index >= 15 is 0 Å². The lowest BCUT2D eigenvalue weighted by atomic mass is 10.00. The fraction of sp³-hybridized carbons (Fsp3) is 0.667. The van der Waals surface area contributed by atoms with Crippen molar-refractivity contribution in [2.45, 2.75) is 17.9 Å². The molecule has 90 valence electrons. The summed E-state index contributed by atoms with van der Waals surface area (Å²) >= 11 is 0. The lowest BCUT2D eigenvalue weighted by molar-refractivity contribution is 0.170. The van der Waals surface area contributed by atoms with Crippen LogP contribution < -0.4 is 0 Å². The van der Waals surface area contributed by atoms with Crippen LogP contribution in [0, 0.1) is 5.92 Å². The predicted octanol–water partition coefficient (Wildman–Crippen LogP) is -0.197. The van der Waals surface area contributed by atoms with Gasteiger partial charge in [-0.2, -0.15) is 4.31 Å². The molecular weight excluding hydrogens is 230 g/mol. The zero-order chi connectivity index (χ0) is 11.6. The minimum absolute atomic E-state index is 0.134. The Kier molecular flexibility index (Phi) is 3.27. The Labute approximate surface area is 94.4 Å². The molecule has 1 aromatic heterocycles. The summed E-state index contributed by atoms with van der Waals surface area (Å²) < 4.78 is 25.5. The van der Waals surface area contributed by atoms with Crippen LogP contribution >= 0.6 is 0 Å². The number of rotatable bonds is 3. The van der Waals surface area contributed by atoms with Gasteiger partial charge in [0.25, 0.3) is 10.0 Å². The average Bonchev–Trinajstić information content (AvgIpc) is 2.83. The van der Waals surface area contributed by atoms with Crippen LogP contribution in [0.2, 0.25) is 0 Å². The third kappa shape index (κ3) is 2.11. The number of nitrogens with one attached hydrogen (secondary N) is 1. The molecule has 0 amide bonds. The van der Waals surface area contributed by atoms with Crippen LogP contribution in [0.25, 0.3) is 0 Å². The molecular formula is C9H15N3O3S. The van der Waals surface area contributed by atoms with Crippen molar-refractivity contribution in [1.82, 2.24) is 14.3 Å². The van der Waals surface area contributed by atoms with Crippen LogP contribution in [0.4, 0.5) is 0 Å². The maximum absolute atomic E-state index is 12.0. The maximum atomic E-state index is 12.0. The first-order valence-corrected chi connectivity index (χ1v) is 6.68. The average molecular weight is 245 g/mol. The van der Waals surface area contributed by atoms with Crippen LogP contribution in [-0.4, -0.2) is 47.5 Å². The van der Waals surface area contributed by atoms with Gasteiger partial charge in [0.05, 0.1) is 12.5 Å². The van der Waals surface area contributed by atoms with E-state index in [0.29, 0.717) is 25.9 Å². The molecule has 6 nitrogen and oxygen atoms in total. The first kappa shape index (κ1) is 11.6. The van der Waals surface area contributed by atoms with E-state index in [1.54, 1.807) is 0 Å².